The van der Waals surface area contributed by atoms with Crippen LogP contribution in [0.2, 0.25) is 0 Å². The van der Waals surface area contributed by atoms with Crippen LogP contribution in [0.5, 0.6) is 0 Å². The molecule has 0 spiro atoms. The molecule has 0 bridgehead atoms. The van der Waals surface area contributed by atoms with Crippen molar-refractivity contribution >= 4 is 49.6 Å². The van der Waals surface area contributed by atoms with Crippen LogP contribution in [0, 0.1) is 11.6 Å². The molecule has 9 heteroatoms. The molecular weight excluding hydrogens is 362 g/mol. The lowest BCUT2D eigenvalue weighted by Gasteiger charge is -2.02. The Morgan fingerprint density at radius 1 is 1.15 bits per heavy atom. The minimum Gasteiger partial charge on any atom is -0.465 e. The zero-order chi connectivity index (χ0) is 18.4. The Bertz CT molecular complexity index is 1130. The molecule has 0 aliphatic heterocycles. The van der Waals surface area contributed by atoms with E-state index in [0.29, 0.717) is 32.4 Å². The largest absolute Gasteiger partial charge is 0.465 e. The number of carbonyl (C=O) groups excluding carboxylic acids is 1. The number of aryl methyl sites for hydroxylation is 1. The zero-order valence-corrected chi connectivity index (χ0v) is 14.5. The summed E-state index contributed by atoms with van der Waals surface area (Å²) >= 11 is 1.19. The molecule has 0 unspecified atom stereocenters. The number of carbonyl (C=O) groups is 1. The van der Waals surface area contributed by atoms with E-state index in [1.807, 2.05) is 7.05 Å². The van der Waals surface area contributed by atoms with Crippen LogP contribution in [0.15, 0.2) is 30.3 Å². The molecule has 6 nitrogen and oxygen atoms in total. The van der Waals surface area contributed by atoms with Gasteiger partial charge in [0.2, 0.25) is 5.95 Å². The number of esters is 1. The number of hydrogen-bond donors (Lipinski definition) is 1. The third-order valence-electron chi connectivity index (χ3n) is 3.95. The summed E-state index contributed by atoms with van der Waals surface area (Å²) in [4.78, 5) is 20.4. The maximum atomic E-state index is 13.4. The van der Waals surface area contributed by atoms with Crippen molar-refractivity contribution in [3.05, 3.63) is 47.5 Å². The fraction of sp³-hybridized carbons (Fsp3) is 0.118. The van der Waals surface area contributed by atoms with Crippen LogP contribution >= 0.6 is 11.3 Å². The summed E-state index contributed by atoms with van der Waals surface area (Å²) in [6, 6.07) is 7.23. The molecule has 0 radical (unpaired) electrons. The number of halogens is 2. The van der Waals surface area contributed by atoms with Gasteiger partial charge in [-0.25, -0.2) is 23.5 Å². The number of benzene rings is 2. The quantitative estimate of drug-likeness (QED) is 0.549. The van der Waals surface area contributed by atoms with Crippen LogP contribution in [0.4, 0.5) is 19.9 Å². The molecule has 1 N–H and O–H groups in total. The number of methoxy groups -OCH3 is 1. The van der Waals surface area contributed by atoms with Gasteiger partial charge in [-0.3, -0.25) is 0 Å². The number of fused-ring (bicyclic) bond motifs is 2. The minimum absolute atomic E-state index is 0.364. The maximum Gasteiger partial charge on any atom is 0.337 e. The first kappa shape index (κ1) is 16.4. The van der Waals surface area contributed by atoms with Crippen molar-refractivity contribution in [3.8, 4) is 0 Å². The molecule has 4 aromatic rings. The summed E-state index contributed by atoms with van der Waals surface area (Å²) in [5.74, 6) is -1.80. The monoisotopic (exact) mass is 374 g/mol. The molecule has 26 heavy (non-hydrogen) atoms. The van der Waals surface area contributed by atoms with Crippen molar-refractivity contribution in [2.45, 2.75) is 0 Å². The van der Waals surface area contributed by atoms with Gasteiger partial charge in [0.05, 0.1) is 33.9 Å². The van der Waals surface area contributed by atoms with E-state index < -0.39 is 17.6 Å². The highest BCUT2D eigenvalue weighted by molar-refractivity contribution is 7.22. The molecule has 132 valence electrons. The van der Waals surface area contributed by atoms with Gasteiger partial charge < -0.3 is 14.6 Å². The first-order valence-corrected chi connectivity index (χ1v) is 8.35. The second kappa shape index (κ2) is 6.03. The number of hydrogen-bond acceptors (Lipinski definition) is 6. The van der Waals surface area contributed by atoms with E-state index in [0.717, 1.165) is 17.6 Å². The van der Waals surface area contributed by atoms with Crippen molar-refractivity contribution in [1.82, 2.24) is 14.5 Å². The van der Waals surface area contributed by atoms with Crippen LogP contribution in [-0.2, 0) is 11.8 Å². The molecular formula is C17H12F2N4O2S. The number of anilines is 2. The van der Waals surface area contributed by atoms with Gasteiger partial charge in [0.25, 0.3) is 0 Å². The van der Waals surface area contributed by atoms with Crippen LogP contribution < -0.4 is 5.32 Å². The standard InChI is InChI=1S/C17H12F2N4O2S/c1-23-13-4-3-8(15(24)25-2)5-11(13)20-16(23)22-17-21-12-6-9(18)10(19)7-14(12)26-17/h3-7H,1-2H3,(H,20,21,22). The first-order valence-electron chi connectivity index (χ1n) is 7.53. The zero-order valence-electron chi connectivity index (χ0n) is 13.7. The van der Waals surface area contributed by atoms with E-state index in [-0.39, 0.29) is 0 Å². The molecule has 0 atom stereocenters. The SMILES string of the molecule is COC(=O)c1ccc2c(c1)nc(Nc1nc3cc(F)c(F)cc3s1)n2C. The van der Waals surface area contributed by atoms with Crippen molar-refractivity contribution in [1.29, 1.82) is 0 Å². The third-order valence-corrected chi connectivity index (χ3v) is 4.88. The molecule has 0 fully saturated rings. The number of aromatic nitrogens is 3. The first-order chi connectivity index (χ1) is 12.5. The molecule has 0 amide bonds. The van der Waals surface area contributed by atoms with Gasteiger partial charge in [-0.2, -0.15) is 0 Å². The van der Waals surface area contributed by atoms with Gasteiger partial charge in [-0.1, -0.05) is 11.3 Å². The maximum absolute atomic E-state index is 13.4. The molecule has 4 rings (SSSR count). The number of nitrogens with one attached hydrogen (secondary N) is 1. The molecule has 2 aromatic carbocycles. The highest BCUT2D eigenvalue weighted by Gasteiger charge is 2.14. The van der Waals surface area contributed by atoms with Crippen molar-refractivity contribution in [3.63, 3.8) is 0 Å². The Morgan fingerprint density at radius 3 is 2.69 bits per heavy atom. The number of imidazole rings is 1. The molecule has 0 aliphatic rings. The van der Waals surface area contributed by atoms with E-state index in [9.17, 15) is 13.6 Å². The number of nitrogens with zero attached hydrogens (tertiary/aromatic N) is 3. The second-order valence-corrected chi connectivity index (χ2v) is 6.60. The lowest BCUT2D eigenvalue weighted by atomic mass is 10.2. The normalized spacial score (nSPS) is 11.2. The topological polar surface area (TPSA) is 69.0 Å². The Morgan fingerprint density at radius 2 is 1.92 bits per heavy atom. The van der Waals surface area contributed by atoms with E-state index in [4.69, 9.17) is 4.74 Å². The van der Waals surface area contributed by atoms with E-state index in [2.05, 4.69) is 15.3 Å². The Balaban J connectivity index is 1.72. The van der Waals surface area contributed by atoms with Gasteiger partial charge in [-0.15, -0.1) is 0 Å². The highest BCUT2D eigenvalue weighted by Crippen LogP contribution is 2.30. The Hall–Kier alpha value is -3.07. The van der Waals surface area contributed by atoms with E-state index in [1.54, 1.807) is 22.8 Å². The van der Waals surface area contributed by atoms with Crippen molar-refractivity contribution in [2.75, 3.05) is 12.4 Å². The number of ether oxygens (including phenoxy) is 1. The average molecular weight is 374 g/mol. The molecule has 2 aromatic heterocycles. The summed E-state index contributed by atoms with van der Waals surface area (Å²) in [7, 11) is 3.12. The summed E-state index contributed by atoms with van der Waals surface area (Å²) in [6.07, 6.45) is 0. The number of thiazole rings is 1. The predicted molar refractivity (Wildman–Crippen MR) is 94.9 cm³/mol. The number of rotatable bonds is 3. The van der Waals surface area contributed by atoms with Crippen LogP contribution in [0.25, 0.3) is 21.3 Å². The third kappa shape index (κ3) is 2.66. The lowest BCUT2D eigenvalue weighted by molar-refractivity contribution is 0.0601. The van der Waals surface area contributed by atoms with Gasteiger partial charge in [0.1, 0.15) is 0 Å². The van der Waals surface area contributed by atoms with Crippen molar-refractivity contribution in [2.24, 2.45) is 7.05 Å². The van der Waals surface area contributed by atoms with Gasteiger partial charge in [0.15, 0.2) is 16.8 Å². The van der Waals surface area contributed by atoms with Crippen LogP contribution in [0.1, 0.15) is 10.4 Å². The predicted octanol–water partition coefficient (Wildman–Crippen LogP) is 3.99. The Labute approximate surface area is 150 Å². The summed E-state index contributed by atoms with van der Waals surface area (Å²) in [6.45, 7) is 0. The van der Waals surface area contributed by atoms with Crippen LogP contribution in [-0.4, -0.2) is 27.6 Å². The molecule has 0 aliphatic carbocycles. The fourth-order valence-corrected chi connectivity index (χ4v) is 3.50. The van der Waals surface area contributed by atoms with E-state index >= 15 is 0 Å². The molecule has 0 saturated carbocycles. The fourth-order valence-electron chi connectivity index (χ4n) is 2.63. The average Bonchev–Trinajstić information content (AvgIpc) is 3.15. The second-order valence-electron chi connectivity index (χ2n) is 5.57. The lowest BCUT2D eigenvalue weighted by Crippen LogP contribution is -2.00. The van der Waals surface area contributed by atoms with Crippen LogP contribution in [0.3, 0.4) is 0 Å². The smallest absolute Gasteiger partial charge is 0.337 e. The highest BCUT2D eigenvalue weighted by atomic mass is 32.1. The summed E-state index contributed by atoms with van der Waals surface area (Å²) < 4.78 is 33.7. The molecule has 2 heterocycles. The van der Waals surface area contributed by atoms with Crippen molar-refractivity contribution < 1.29 is 18.3 Å². The Kier molecular flexibility index (Phi) is 3.80. The summed E-state index contributed by atoms with van der Waals surface area (Å²) in [5, 5.41) is 3.51. The van der Waals surface area contributed by atoms with Gasteiger partial charge in [-0.05, 0) is 24.3 Å². The van der Waals surface area contributed by atoms with Gasteiger partial charge >= 0.3 is 5.97 Å². The molecule has 0 saturated heterocycles. The minimum atomic E-state index is -0.938. The van der Waals surface area contributed by atoms with Gasteiger partial charge in [0, 0.05) is 13.1 Å². The summed E-state index contributed by atoms with van der Waals surface area (Å²) in [5.41, 5.74) is 2.17. The van der Waals surface area contributed by atoms with E-state index in [1.165, 1.54) is 18.4 Å².